The smallest absolute Gasteiger partial charge is 0.328 e. The Kier molecular flexibility index (Phi) is 6.97. The quantitative estimate of drug-likeness (QED) is 0.690. The highest BCUT2D eigenvalue weighted by Crippen LogP contribution is 2.37. The molecule has 4 unspecified atom stereocenters. The van der Waals surface area contributed by atoms with Gasteiger partial charge in [0.25, 0.3) is 0 Å². The van der Waals surface area contributed by atoms with Crippen LogP contribution >= 0.6 is 0 Å². The third kappa shape index (κ3) is 4.33. The minimum Gasteiger partial charge on any atom is -0.480 e. The van der Waals surface area contributed by atoms with Crippen molar-refractivity contribution in [3.05, 3.63) is 24.0 Å². The van der Waals surface area contributed by atoms with Crippen molar-refractivity contribution in [1.29, 1.82) is 0 Å². The van der Waals surface area contributed by atoms with Crippen molar-refractivity contribution in [2.75, 3.05) is 0 Å². The van der Waals surface area contributed by atoms with Gasteiger partial charge in [-0.15, -0.1) is 0 Å². The molecule has 4 atom stereocenters. The van der Waals surface area contributed by atoms with Gasteiger partial charge in [-0.3, -0.25) is 9.79 Å². The van der Waals surface area contributed by atoms with E-state index in [1.165, 1.54) is 0 Å². The molecule has 4 N–H and O–H groups in total. The van der Waals surface area contributed by atoms with E-state index >= 15 is 0 Å². The van der Waals surface area contributed by atoms with E-state index in [4.69, 9.17) is 10.8 Å². The second-order valence-corrected chi connectivity index (χ2v) is 6.67. The topological polar surface area (TPSA) is 116 Å². The van der Waals surface area contributed by atoms with E-state index in [9.17, 15) is 14.7 Å². The maximum atomic E-state index is 11.3. The van der Waals surface area contributed by atoms with E-state index in [1.807, 2.05) is 20.0 Å². The summed E-state index contributed by atoms with van der Waals surface area (Å²) in [5, 5.41) is 18.3. The molecular formula is C19H29N3O4. The number of fused-ring (bicyclic) bond motifs is 3. The number of nitrogens with two attached hydrogens (primary N) is 1. The lowest BCUT2D eigenvalue weighted by Gasteiger charge is -2.44. The summed E-state index contributed by atoms with van der Waals surface area (Å²) in [6.45, 7) is 4.00. The molecule has 7 nitrogen and oxygen atoms in total. The Morgan fingerprint density at radius 1 is 1.31 bits per heavy atom. The number of carboxylic acids is 2. The normalized spacial score (nSPS) is 27.8. The first kappa shape index (κ1) is 20.2. The van der Waals surface area contributed by atoms with Gasteiger partial charge in [0, 0.05) is 23.9 Å². The number of allylic oxidation sites excluding steroid dienone is 2. The number of hydrogen-bond acceptors (Lipinski definition) is 5. The third-order valence-corrected chi connectivity index (χ3v) is 5.11. The van der Waals surface area contributed by atoms with Gasteiger partial charge in [-0.25, -0.2) is 4.79 Å². The summed E-state index contributed by atoms with van der Waals surface area (Å²) in [7, 11) is 0. The van der Waals surface area contributed by atoms with Crippen molar-refractivity contribution in [3.8, 4) is 0 Å². The van der Waals surface area contributed by atoms with Crippen LogP contribution in [0.15, 0.2) is 29.0 Å². The van der Waals surface area contributed by atoms with Gasteiger partial charge in [-0.2, -0.15) is 0 Å². The fourth-order valence-electron chi connectivity index (χ4n) is 3.82. The Morgan fingerprint density at radius 3 is 2.69 bits per heavy atom. The van der Waals surface area contributed by atoms with E-state index in [0.717, 1.165) is 30.5 Å². The van der Waals surface area contributed by atoms with Crippen LogP contribution in [0.1, 0.15) is 52.4 Å². The van der Waals surface area contributed by atoms with Crippen molar-refractivity contribution in [3.63, 3.8) is 0 Å². The molecule has 26 heavy (non-hydrogen) atoms. The fraction of sp³-hybridized carbons (Fsp3) is 0.632. The number of nitrogens with zero attached hydrogens (tertiary/aromatic N) is 2. The van der Waals surface area contributed by atoms with Crippen LogP contribution in [0, 0.1) is 5.92 Å². The Hall–Kier alpha value is -2.15. The molecule has 0 aromatic rings. The van der Waals surface area contributed by atoms with Gasteiger partial charge in [0.05, 0.1) is 0 Å². The zero-order valence-electron chi connectivity index (χ0n) is 15.5. The number of carboxylic acid groups (broad SMARTS) is 2. The second kappa shape index (κ2) is 8.98. The van der Waals surface area contributed by atoms with E-state index in [-0.39, 0.29) is 5.92 Å². The van der Waals surface area contributed by atoms with Crippen molar-refractivity contribution >= 4 is 17.7 Å². The standard InChI is InChI=1S/C17H23N3O4.C2H6/c18-12(16(21)22)6-4-10-9-20-8-2-1-3-14(20)11-5-7-13(17(23)24)19-15(10)11;1-2/h2,8-9,11-14H,1,3-7,18H2,(H,21,22)(H,23,24);1-2H3. The Morgan fingerprint density at radius 2 is 2.04 bits per heavy atom. The second-order valence-electron chi connectivity index (χ2n) is 6.67. The molecular weight excluding hydrogens is 334 g/mol. The number of aliphatic carboxylic acids is 2. The molecule has 7 heteroatoms. The molecule has 144 valence electrons. The van der Waals surface area contributed by atoms with Gasteiger partial charge in [-0.1, -0.05) is 19.9 Å². The molecule has 3 rings (SSSR count). The maximum Gasteiger partial charge on any atom is 0.328 e. The van der Waals surface area contributed by atoms with Crippen LogP contribution in [0.4, 0.5) is 0 Å². The van der Waals surface area contributed by atoms with Crippen molar-refractivity contribution in [2.45, 2.75) is 70.5 Å². The van der Waals surface area contributed by atoms with E-state index in [2.05, 4.69) is 22.2 Å². The van der Waals surface area contributed by atoms with Crippen LogP contribution in [0.3, 0.4) is 0 Å². The molecule has 0 fully saturated rings. The largest absolute Gasteiger partial charge is 0.480 e. The van der Waals surface area contributed by atoms with Crippen LogP contribution < -0.4 is 5.73 Å². The molecule has 3 heterocycles. The molecule has 0 bridgehead atoms. The van der Waals surface area contributed by atoms with Gasteiger partial charge in [0.15, 0.2) is 0 Å². The summed E-state index contributed by atoms with van der Waals surface area (Å²) >= 11 is 0. The molecule has 0 spiro atoms. The lowest BCUT2D eigenvalue weighted by atomic mass is 9.76. The predicted octanol–water partition coefficient (Wildman–Crippen LogP) is 2.38. The van der Waals surface area contributed by atoms with Crippen LogP contribution in [0.2, 0.25) is 0 Å². The van der Waals surface area contributed by atoms with E-state index in [0.29, 0.717) is 25.3 Å². The molecule has 0 saturated carbocycles. The highest BCUT2D eigenvalue weighted by molar-refractivity contribution is 6.04. The average Bonchev–Trinajstić information content (AvgIpc) is 2.66. The van der Waals surface area contributed by atoms with Crippen molar-refractivity contribution in [1.82, 2.24) is 4.90 Å². The molecule has 3 aliphatic rings. The average molecular weight is 363 g/mol. The van der Waals surface area contributed by atoms with Crippen LogP contribution in [0.25, 0.3) is 0 Å². The van der Waals surface area contributed by atoms with Gasteiger partial charge in [0.2, 0.25) is 0 Å². The van der Waals surface area contributed by atoms with Gasteiger partial charge < -0.3 is 20.8 Å². The van der Waals surface area contributed by atoms with Crippen LogP contribution in [-0.2, 0) is 9.59 Å². The fourth-order valence-corrected chi connectivity index (χ4v) is 3.82. The Labute approximate surface area is 154 Å². The van der Waals surface area contributed by atoms with Crippen molar-refractivity contribution < 1.29 is 19.8 Å². The van der Waals surface area contributed by atoms with E-state index < -0.39 is 24.0 Å². The predicted molar refractivity (Wildman–Crippen MR) is 99.9 cm³/mol. The zero-order valence-corrected chi connectivity index (χ0v) is 15.5. The monoisotopic (exact) mass is 363 g/mol. The minimum absolute atomic E-state index is 0.214. The third-order valence-electron chi connectivity index (χ3n) is 5.11. The molecule has 0 aromatic heterocycles. The number of carbonyl (C=O) groups is 2. The highest BCUT2D eigenvalue weighted by Gasteiger charge is 2.39. The summed E-state index contributed by atoms with van der Waals surface area (Å²) in [6, 6.07) is -1.29. The van der Waals surface area contributed by atoms with Gasteiger partial charge in [0.1, 0.15) is 12.1 Å². The molecule has 0 amide bonds. The summed E-state index contributed by atoms with van der Waals surface area (Å²) in [5.74, 6) is -1.70. The number of rotatable bonds is 5. The lowest BCUT2D eigenvalue weighted by molar-refractivity contribution is -0.139. The first-order valence-corrected chi connectivity index (χ1v) is 9.41. The first-order chi connectivity index (χ1) is 12.5. The number of hydrogen-bond donors (Lipinski definition) is 3. The summed E-state index contributed by atoms with van der Waals surface area (Å²) < 4.78 is 0. The van der Waals surface area contributed by atoms with E-state index in [1.54, 1.807) is 0 Å². The Bertz CT molecular complexity index is 626. The van der Waals surface area contributed by atoms with Crippen LogP contribution in [0.5, 0.6) is 0 Å². The zero-order chi connectivity index (χ0) is 19.3. The van der Waals surface area contributed by atoms with Gasteiger partial charge in [-0.05, 0) is 50.3 Å². The molecule has 0 aliphatic carbocycles. The first-order valence-electron chi connectivity index (χ1n) is 9.41. The minimum atomic E-state index is -1.02. The highest BCUT2D eigenvalue weighted by atomic mass is 16.4. The molecule has 0 saturated heterocycles. The lowest BCUT2D eigenvalue weighted by Crippen LogP contribution is -2.47. The molecule has 0 radical (unpaired) electrons. The SMILES string of the molecule is CC.NC(CCC1=CN2C=CCCC2C2CCC(C(=O)O)N=C12)C(=O)O. The maximum absolute atomic E-state index is 11.3. The van der Waals surface area contributed by atoms with Gasteiger partial charge >= 0.3 is 11.9 Å². The number of aliphatic imine (C=N–C) groups is 1. The Balaban J connectivity index is 0.00000117. The summed E-state index contributed by atoms with van der Waals surface area (Å²) in [5.41, 5.74) is 7.39. The molecule has 0 aromatic carbocycles. The summed E-state index contributed by atoms with van der Waals surface area (Å²) in [6.07, 6.45) is 10.4. The van der Waals surface area contributed by atoms with Crippen LogP contribution in [-0.4, -0.2) is 50.9 Å². The molecule has 3 aliphatic heterocycles. The summed E-state index contributed by atoms with van der Waals surface area (Å²) in [4.78, 5) is 29.0. The van der Waals surface area contributed by atoms with Crippen molar-refractivity contribution in [2.24, 2.45) is 16.6 Å².